The third kappa shape index (κ3) is 30.4. The van der Waals surface area contributed by atoms with Gasteiger partial charge in [-0.05, 0) is 19.3 Å². The van der Waals surface area contributed by atoms with E-state index in [1.165, 1.54) is 116 Å². The molecule has 1 heterocycles. The van der Waals surface area contributed by atoms with Crippen molar-refractivity contribution in [1.29, 1.82) is 0 Å². The number of carbonyl (C=O) groups excluding carboxylic acids is 3. The van der Waals surface area contributed by atoms with Crippen molar-refractivity contribution in [2.24, 2.45) is 0 Å². The van der Waals surface area contributed by atoms with E-state index in [4.69, 9.17) is 23.7 Å². The van der Waals surface area contributed by atoms with Crippen LogP contribution in [-0.4, -0.2) is 89.2 Å². The molecule has 1 saturated heterocycles. The fourth-order valence-corrected chi connectivity index (χ4v) is 7.78. The molecule has 0 radical (unpaired) electrons. The number of hydrogen-bond acceptors (Lipinski definition) is 11. The van der Waals surface area contributed by atoms with Crippen LogP contribution in [0.5, 0.6) is 0 Å². The zero-order valence-corrected chi connectivity index (χ0v) is 38.9. The minimum absolute atomic E-state index is 0.0680. The van der Waals surface area contributed by atoms with Crippen molar-refractivity contribution in [3.05, 3.63) is 0 Å². The van der Waals surface area contributed by atoms with E-state index in [1.54, 1.807) is 0 Å². The summed E-state index contributed by atoms with van der Waals surface area (Å²) in [5, 5.41) is 31.2. The van der Waals surface area contributed by atoms with Crippen molar-refractivity contribution < 1.29 is 58.2 Å². The van der Waals surface area contributed by atoms with E-state index in [0.29, 0.717) is 19.3 Å². The number of carboxylic acids is 1. The van der Waals surface area contributed by atoms with Gasteiger partial charge in [0.25, 0.3) is 0 Å². The van der Waals surface area contributed by atoms with Gasteiger partial charge in [0.1, 0.15) is 18.8 Å². The SMILES string of the molecule is CCCCCCCCCCCCCCCC(=O)OCC(COC1OC(C(=O)O)C(O)C(O)C1OC(=O)CCCCCCCCCCC)OC(=O)CCCCCCCCCCC. The highest BCUT2D eigenvalue weighted by atomic mass is 16.7. The third-order valence-electron chi connectivity index (χ3n) is 11.7. The summed E-state index contributed by atoms with van der Waals surface area (Å²) in [6, 6.07) is 0. The lowest BCUT2D eigenvalue weighted by Crippen LogP contribution is -2.61. The fraction of sp³-hybridized carbons (Fsp3) is 0.918. The van der Waals surface area contributed by atoms with Gasteiger partial charge in [-0.3, -0.25) is 14.4 Å². The lowest BCUT2D eigenvalue weighted by molar-refractivity contribution is -0.301. The molecule has 1 aliphatic rings. The molecule has 358 valence electrons. The summed E-state index contributed by atoms with van der Waals surface area (Å²) in [7, 11) is 0. The smallest absolute Gasteiger partial charge is 0.335 e. The minimum Gasteiger partial charge on any atom is -0.479 e. The van der Waals surface area contributed by atoms with Crippen molar-refractivity contribution in [3.8, 4) is 0 Å². The Bertz CT molecular complexity index is 1090. The number of carboxylic acid groups (broad SMARTS) is 1. The number of aliphatic hydroxyl groups excluding tert-OH is 2. The summed E-state index contributed by atoms with van der Waals surface area (Å²) >= 11 is 0. The number of carbonyl (C=O) groups is 4. The third-order valence-corrected chi connectivity index (χ3v) is 11.7. The highest BCUT2D eigenvalue weighted by molar-refractivity contribution is 5.74. The highest BCUT2D eigenvalue weighted by Crippen LogP contribution is 2.26. The second kappa shape index (κ2) is 39.3. The first-order chi connectivity index (χ1) is 29.6. The summed E-state index contributed by atoms with van der Waals surface area (Å²) in [5.41, 5.74) is 0. The molecule has 61 heavy (non-hydrogen) atoms. The molecule has 12 heteroatoms. The zero-order chi connectivity index (χ0) is 44.8. The van der Waals surface area contributed by atoms with E-state index in [-0.39, 0.29) is 25.9 Å². The minimum atomic E-state index is -1.89. The van der Waals surface area contributed by atoms with Crippen molar-refractivity contribution in [1.82, 2.24) is 0 Å². The van der Waals surface area contributed by atoms with E-state index in [9.17, 15) is 34.5 Å². The van der Waals surface area contributed by atoms with Gasteiger partial charge < -0.3 is 39.0 Å². The van der Waals surface area contributed by atoms with Crippen molar-refractivity contribution >= 4 is 23.9 Å². The Morgan fingerprint density at radius 3 is 1.23 bits per heavy atom. The topological polar surface area (TPSA) is 175 Å². The molecule has 3 N–H and O–H groups in total. The van der Waals surface area contributed by atoms with Crippen LogP contribution < -0.4 is 0 Å². The molecule has 12 nitrogen and oxygen atoms in total. The maximum absolute atomic E-state index is 13.0. The molecule has 0 aliphatic carbocycles. The quantitative estimate of drug-likeness (QED) is 0.0301. The molecule has 0 aromatic carbocycles. The largest absolute Gasteiger partial charge is 0.479 e. The van der Waals surface area contributed by atoms with E-state index >= 15 is 0 Å². The molecular formula is C49H90O12. The van der Waals surface area contributed by atoms with Gasteiger partial charge in [0.15, 0.2) is 24.6 Å². The number of aliphatic hydroxyl groups is 2. The van der Waals surface area contributed by atoms with Gasteiger partial charge >= 0.3 is 23.9 Å². The average Bonchev–Trinajstić information content (AvgIpc) is 3.24. The monoisotopic (exact) mass is 871 g/mol. The Kier molecular flexibility index (Phi) is 36.6. The number of rotatable bonds is 42. The van der Waals surface area contributed by atoms with Crippen LogP contribution in [0.1, 0.15) is 239 Å². The maximum atomic E-state index is 13.0. The van der Waals surface area contributed by atoms with Gasteiger partial charge in [0.05, 0.1) is 6.61 Å². The van der Waals surface area contributed by atoms with Crippen molar-refractivity contribution in [2.45, 2.75) is 276 Å². The van der Waals surface area contributed by atoms with E-state index in [1.807, 2.05) is 0 Å². The van der Waals surface area contributed by atoms with E-state index < -0.39 is 67.3 Å². The summed E-state index contributed by atoms with van der Waals surface area (Å²) in [6.07, 6.45) is 25.5. The van der Waals surface area contributed by atoms with Crippen LogP contribution in [-0.2, 0) is 42.9 Å². The molecular weight excluding hydrogens is 781 g/mol. The molecule has 0 aromatic heterocycles. The van der Waals surface area contributed by atoms with E-state index in [2.05, 4.69) is 20.8 Å². The van der Waals surface area contributed by atoms with Crippen LogP contribution >= 0.6 is 0 Å². The molecule has 1 fully saturated rings. The van der Waals surface area contributed by atoms with E-state index in [0.717, 1.165) is 64.2 Å². The molecule has 0 spiro atoms. The molecule has 0 amide bonds. The Labute approximate surface area is 370 Å². The van der Waals surface area contributed by atoms with Crippen molar-refractivity contribution in [2.75, 3.05) is 13.2 Å². The molecule has 1 aliphatic heterocycles. The number of hydrogen-bond donors (Lipinski definition) is 3. The lowest BCUT2D eigenvalue weighted by atomic mass is 9.98. The summed E-state index contributed by atoms with van der Waals surface area (Å²) < 4.78 is 28.2. The Hall–Kier alpha value is -2.28. The maximum Gasteiger partial charge on any atom is 0.335 e. The molecule has 6 unspecified atom stereocenters. The van der Waals surface area contributed by atoms with Gasteiger partial charge in [-0.1, -0.05) is 201 Å². The highest BCUT2D eigenvalue weighted by Gasteiger charge is 2.50. The number of aliphatic carboxylic acids is 1. The van der Waals surface area contributed by atoms with Gasteiger partial charge in [0.2, 0.25) is 0 Å². The predicted octanol–water partition coefficient (Wildman–Crippen LogP) is 11.2. The van der Waals surface area contributed by atoms with Gasteiger partial charge in [0, 0.05) is 19.3 Å². The first-order valence-corrected chi connectivity index (χ1v) is 25.0. The molecule has 6 atom stereocenters. The lowest BCUT2D eigenvalue weighted by Gasteiger charge is -2.40. The molecule has 0 bridgehead atoms. The molecule has 1 rings (SSSR count). The fourth-order valence-electron chi connectivity index (χ4n) is 7.78. The number of ether oxygens (including phenoxy) is 5. The number of unbranched alkanes of at least 4 members (excludes halogenated alkanes) is 28. The van der Waals surface area contributed by atoms with Crippen LogP contribution in [0.25, 0.3) is 0 Å². The first kappa shape index (κ1) is 56.7. The van der Waals surface area contributed by atoms with Gasteiger partial charge in [-0.2, -0.15) is 0 Å². The van der Waals surface area contributed by atoms with Crippen LogP contribution in [0.3, 0.4) is 0 Å². The zero-order valence-electron chi connectivity index (χ0n) is 38.9. The second-order valence-corrected chi connectivity index (χ2v) is 17.5. The molecule has 0 saturated carbocycles. The summed E-state index contributed by atoms with van der Waals surface area (Å²) in [4.78, 5) is 50.5. The van der Waals surface area contributed by atoms with Crippen LogP contribution in [0.4, 0.5) is 0 Å². The van der Waals surface area contributed by atoms with Crippen LogP contribution in [0.2, 0.25) is 0 Å². The summed E-state index contributed by atoms with van der Waals surface area (Å²) in [5.74, 6) is -3.09. The van der Waals surface area contributed by atoms with Gasteiger partial charge in [-0.25, -0.2) is 4.79 Å². The second-order valence-electron chi connectivity index (χ2n) is 17.5. The van der Waals surface area contributed by atoms with Crippen LogP contribution in [0, 0.1) is 0 Å². The van der Waals surface area contributed by atoms with Crippen molar-refractivity contribution in [3.63, 3.8) is 0 Å². The van der Waals surface area contributed by atoms with Crippen LogP contribution in [0.15, 0.2) is 0 Å². The summed E-state index contributed by atoms with van der Waals surface area (Å²) in [6.45, 7) is 5.92. The first-order valence-electron chi connectivity index (χ1n) is 25.0. The average molecular weight is 871 g/mol. The Morgan fingerprint density at radius 2 is 0.836 bits per heavy atom. The predicted molar refractivity (Wildman–Crippen MR) is 239 cm³/mol. The normalized spacial score (nSPS) is 19.4. The standard InChI is InChI=1S/C49H90O12/c1-4-7-10-13-16-19-20-21-22-25-26-29-32-35-41(50)57-38-40(59-42(51)36-33-30-27-23-17-14-11-8-5-2)39-58-49-47(45(54)44(53)46(61-49)48(55)56)60-43(52)37-34-31-28-24-18-15-12-9-6-3/h40,44-47,49,53-54H,4-39H2,1-3H3,(H,55,56). The number of esters is 3. The molecule has 0 aromatic rings. The Balaban J connectivity index is 2.72. The Morgan fingerprint density at radius 1 is 0.475 bits per heavy atom. The van der Waals surface area contributed by atoms with Gasteiger partial charge in [-0.15, -0.1) is 0 Å².